The first-order valence-electron chi connectivity index (χ1n) is 6.17. The van der Waals surface area contributed by atoms with Crippen molar-refractivity contribution in [3.8, 4) is 17.2 Å². The number of nitrogens with two attached hydrogens (primary N) is 1. The normalized spacial score (nSPS) is 10.5. The molecule has 5 heteroatoms. The van der Waals surface area contributed by atoms with Crippen LogP contribution in [0.5, 0.6) is 11.5 Å². The number of benzene rings is 1. The van der Waals surface area contributed by atoms with Gasteiger partial charge < -0.3 is 15.2 Å². The van der Waals surface area contributed by atoms with E-state index in [4.69, 9.17) is 15.2 Å². The van der Waals surface area contributed by atoms with Crippen LogP contribution in [-0.4, -0.2) is 30.3 Å². The summed E-state index contributed by atoms with van der Waals surface area (Å²) < 4.78 is 12.6. The van der Waals surface area contributed by atoms with Crippen molar-refractivity contribution < 1.29 is 9.47 Å². The van der Waals surface area contributed by atoms with E-state index >= 15 is 0 Å². The average molecular weight is 261 g/mol. The number of imidazole rings is 1. The molecule has 1 heterocycles. The van der Waals surface area contributed by atoms with Crippen LogP contribution in [0.3, 0.4) is 0 Å². The number of aromatic nitrogens is 2. The third-order valence-electron chi connectivity index (χ3n) is 2.98. The second-order valence-corrected chi connectivity index (χ2v) is 4.23. The average Bonchev–Trinajstić information content (AvgIpc) is 2.79. The Morgan fingerprint density at radius 1 is 1.26 bits per heavy atom. The lowest BCUT2D eigenvalue weighted by atomic mass is 10.2. The highest BCUT2D eigenvalue weighted by Crippen LogP contribution is 2.28. The zero-order valence-electron chi connectivity index (χ0n) is 11.5. The first-order chi connectivity index (χ1) is 9.19. The van der Waals surface area contributed by atoms with Crippen LogP contribution in [0.2, 0.25) is 0 Å². The molecule has 0 bridgehead atoms. The van der Waals surface area contributed by atoms with Gasteiger partial charge in [0.15, 0.2) is 0 Å². The zero-order valence-corrected chi connectivity index (χ0v) is 11.5. The van der Waals surface area contributed by atoms with Crippen molar-refractivity contribution in [1.29, 1.82) is 0 Å². The molecule has 0 saturated heterocycles. The van der Waals surface area contributed by atoms with Crippen molar-refractivity contribution in [2.75, 3.05) is 20.8 Å². The molecule has 0 spiro atoms. The number of hydrogen-bond acceptors (Lipinski definition) is 4. The van der Waals surface area contributed by atoms with Gasteiger partial charge in [-0.1, -0.05) is 0 Å². The molecule has 0 amide bonds. The van der Waals surface area contributed by atoms with Gasteiger partial charge in [-0.2, -0.15) is 0 Å². The summed E-state index contributed by atoms with van der Waals surface area (Å²) >= 11 is 0. The van der Waals surface area contributed by atoms with Gasteiger partial charge in [0, 0.05) is 18.7 Å². The highest BCUT2D eigenvalue weighted by Gasteiger charge is 2.11. The van der Waals surface area contributed by atoms with Crippen LogP contribution < -0.4 is 15.2 Å². The Morgan fingerprint density at radius 3 is 2.68 bits per heavy atom. The van der Waals surface area contributed by atoms with E-state index < -0.39 is 0 Å². The molecular formula is C14H19N3O2. The number of nitrogens with zero attached hydrogens (tertiary/aromatic N) is 2. The van der Waals surface area contributed by atoms with E-state index in [2.05, 4.69) is 4.98 Å². The smallest absolute Gasteiger partial charge is 0.143 e. The van der Waals surface area contributed by atoms with Gasteiger partial charge in [-0.3, -0.25) is 4.57 Å². The molecule has 0 aliphatic heterocycles. The van der Waals surface area contributed by atoms with Gasteiger partial charge in [0.05, 0.1) is 25.6 Å². The summed E-state index contributed by atoms with van der Waals surface area (Å²) in [5.74, 6) is 2.46. The number of ether oxygens (including phenoxy) is 2. The van der Waals surface area contributed by atoms with Crippen LogP contribution in [0, 0.1) is 6.92 Å². The van der Waals surface area contributed by atoms with Crippen LogP contribution in [0.4, 0.5) is 0 Å². The molecule has 0 atom stereocenters. The summed E-state index contributed by atoms with van der Waals surface area (Å²) in [6.07, 6.45) is 2.75. The monoisotopic (exact) mass is 261 g/mol. The van der Waals surface area contributed by atoms with Gasteiger partial charge in [-0.15, -0.1) is 0 Å². The summed E-state index contributed by atoms with van der Waals surface area (Å²) in [5, 5.41) is 0. The maximum Gasteiger partial charge on any atom is 0.143 e. The predicted molar refractivity (Wildman–Crippen MR) is 74.2 cm³/mol. The van der Waals surface area contributed by atoms with Crippen LogP contribution in [0.1, 0.15) is 11.5 Å². The minimum Gasteiger partial charge on any atom is -0.497 e. The summed E-state index contributed by atoms with van der Waals surface area (Å²) in [7, 11) is 3.30. The molecule has 0 aliphatic rings. The Labute approximate surface area is 113 Å². The third kappa shape index (κ3) is 2.71. The fourth-order valence-electron chi connectivity index (χ4n) is 2.03. The van der Waals surface area contributed by atoms with Gasteiger partial charge in [0.1, 0.15) is 17.3 Å². The van der Waals surface area contributed by atoms with E-state index in [-0.39, 0.29) is 0 Å². The van der Waals surface area contributed by atoms with Crippen LogP contribution in [0.25, 0.3) is 5.69 Å². The van der Waals surface area contributed by atoms with E-state index in [0.29, 0.717) is 6.54 Å². The molecule has 0 fully saturated rings. The van der Waals surface area contributed by atoms with Gasteiger partial charge in [0.25, 0.3) is 0 Å². The van der Waals surface area contributed by atoms with Crippen molar-refractivity contribution in [3.63, 3.8) is 0 Å². The van der Waals surface area contributed by atoms with Gasteiger partial charge >= 0.3 is 0 Å². The number of methoxy groups -OCH3 is 2. The second-order valence-electron chi connectivity index (χ2n) is 4.23. The first-order valence-corrected chi connectivity index (χ1v) is 6.17. The highest BCUT2D eigenvalue weighted by molar-refractivity contribution is 5.52. The standard InChI is InChI=1S/C14H19N3O2/c1-10-16-11(6-7-15)9-17(10)13-8-12(18-2)4-5-14(13)19-3/h4-5,8-9H,6-7,15H2,1-3H3. The first kappa shape index (κ1) is 13.4. The summed E-state index contributed by atoms with van der Waals surface area (Å²) in [5.41, 5.74) is 7.46. The van der Waals surface area contributed by atoms with Gasteiger partial charge in [-0.05, 0) is 25.6 Å². The predicted octanol–water partition coefficient (Wildman–Crippen LogP) is 1.70. The van der Waals surface area contributed by atoms with E-state index in [1.807, 2.05) is 35.9 Å². The third-order valence-corrected chi connectivity index (χ3v) is 2.98. The molecule has 2 N–H and O–H groups in total. The summed E-state index contributed by atoms with van der Waals surface area (Å²) in [6, 6.07) is 5.69. The summed E-state index contributed by atoms with van der Waals surface area (Å²) in [4.78, 5) is 4.49. The Bertz CT molecular complexity index is 564. The largest absolute Gasteiger partial charge is 0.497 e. The maximum atomic E-state index is 5.57. The maximum absolute atomic E-state index is 5.57. The quantitative estimate of drug-likeness (QED) is 0.889. The second kappa shape index (κ2) is 5.75. The van der Waals surface area contributed by atoms with Crippen molar-refractivity contribution in [3.05, 3.63) is 35.9 Å². The van der Waals surface area contributed by atoms with Crippen molar-refractivity contribution >= 4 is 0 Å². The minimum atomic E-state index is 0.589. The fourth-order valence-corrected chi connectivity index (χ4v) is 2.03. The molecule has 0 saturated carbocycles. The molecule has 19 heavy (non-hydrogen) atoms. The number of rotatable bonds is 5. The van der Waals surface area contributed by atoms with E-state index in [9.17, 15) is 0 Å². The van der Waals surface area contributed by atoms with Crippen LogP contribution >= 0.6 is 0 Å². The Balaban J connectivity index is 2.50. The van der Waals surface area contributed by atoms with Gasteiger partial charge in [-0.25, -0.2) is 4.98 Å². The van der Waals surface area contributed by atoms with Crippen LogP contribution in [0.15, 0.2) is 24.4 Å². The molecule has 0 aliphatic carbocycles. The zero-order chi connectivity index (χ0) is 13.8. The van der Waals surface area contributed by atoms with E-state index in [0.717, 1.165) is 35.1 Å². The number of hydrogen-bond donors (Lipinski definition) is 1. The van der Waals surface area contributed by atoms with Gasteiger partial charge in [0.2, 0.25) is 0 Å². The minimum absolute atomic E-state index is 0.589. The summed E-state index contributed by atoms with van der Waals surface area (Å²) in [6.45, 7) is 2.55. The molecule has 5 nitrogen and oxygen atoms in total. The van der Waals surface area contributed by atoms with Crippen molar-refractivity contribution in [2.24, 2.45) is 5.73 Å². The highest BCUT2D eigenvalue weighted by atomic mass is 16.5. The van der Waals surface area contributed by atoms with Crippen molar-refractivity contribution in [1.82, 2.24) is 9.55 Å². The molecule has 0 unspecified atom stereocenters. The molecule has 2 aromatic rings. The molecule has 1 aromatic carbocycles. The lowest BCUT2D eigenvalue weighted by Crippen LogP contribution is -2.02. The molecule has 102 valence electrons. The molecule has 1 aromatic heterocycles. The number of aryl methyl sites for hydroxylation is 1. The molecular weight excluding hydrogens is 242 g/mol. The Kier molecular flexibility index (Phi) is 4.06. The van der Waals surface area contributed by atoms with E-state index in [1.54, 1.807) is 14.2 Å². The van der Waals surface area contributed by atoms with Crippen LogP contribution in [-0.2, 0) is 6.42 Å². The fraction of sp³-hybridized carbons (Fsp3) is 0.357. The lowest BCUT2D eigenvalue weighted by Gasteiger charge is -2.12. The molecule has 0 radical (unpaired) electrons. The van der Waals surface area contributed by atoms with Crippen molar-refractivity contribution in [2.45, 2.75) is 13.3 Å². The SMILES string of the molecule is COc1ccc(OC)c(-n2cc(CCN)nc2C)c1. The molecule has 2 rings (SSSR count). The van der Waals surface area contributed by atoms with E-state index in [1.165, 1.54) is 0 Å². The topological polar surface area (TPSA) is 62.3 Å². The Morgan fingerprint density at radius 2 is 2.05 bits per heavy atom. The Hall–Kier alpha value is -2.01. The lowest BCUT2D eigenvalue weighted by molar-refractivity contribution is 0.401.